The Bertz CT molecular complexity index is 203. The second-order valence-corrected chi connectivity index (χ2v) is 4.14. The van der Waals surface area contributed by atoms with Gasteiger partial charge in [-0.25, -0.2) is 4.79 Å². The zero-order chi connectivity index (χ0) is 8.77. The van der Waals surface area contributed by atoms with Crippen molar-refractivity contribution in [2.75, 3.05) is 0 Å². The van der Waals surface area contributed by atoms with Gasteiger partial charge in [-0.15, -0.1) is 0 Å². The van der Waals surface area contributed by atoms with Crippen LogP contribution in [0, 0.1) is 5.41 Å². The molecule has 0 aromatic rings. The minimum Gasteiger partial charge on any atom is -0.446 e. The molecule has 0 radical (unpaired) electrons. The van der Waals surface area contributed by atoms with Crippen LogP contribution in [0.5, 0.6) is 0 Å². The van der Waals surface area contributed by atoms with Crippen molar-refractivity contribution in [2.24, 2.45) is 16.9 Å². The highest BCUT2D eigenvalue weighted by atomic mass is 16.6. The third-order valence-corrected chi connectivity index (χ3v) is 2.99. The molecule has 1 spiro atoms. The molecule has 4 nitrogen and oxygen atoms in total. The molecule has 2 rings (SSSR count). The molecule has 2 aliphatic rings. The summed E-state index contributed by atoms with van der Waals surface area (Å²) in [5.74, 6) is 0. The van der Waals surface area contributed by atoms with Crippen LogP contribution in [0.2, 0.25) is 0 Å². The number of nitrogens with two attached hydrogens (primary N) is 2. The van der Waals surface area contributed by atoms with E-state index < -0.39 is 6.09 Å². The summed E-state index contributed by atoms with van der Waals surface area (Å²) in [6.07, 6.45) is 3.51. The second kappa shape index (κ2) is 2.36. The van der Waals surface area contributed by atoms with Crippen molar-refractivity contribution in [3.05, 3.63) is 0 Å². The van der Waals surface area contributed by atoms with Gasteiger partial charge in [-0.05, 0) is 31.1 Å². The van der Waals surface area contributed by atoms with Gasteiger partial charge < -0.3 is 16.2 Å². The average Bonchev–Trinajstić information content (AvgIpc) is 1.78. The van der Waals surface area contributed by atoms with E-state index in [-0.39, 0.29) is 6.10 Å². The Balaban J connectivity index is 1.74. The highest BCUT2D eigenvalue weighted by Crippen LogP contribution is 2.56. The monoisotopic (exact) mass is 170 g/mol. The quantitative estimate of drug-likeness (QED) is 0.596. The Morgan fingerprint density at radius 3 is 2.33 bits per heavy atom. The molecule has 0 saturated heterocycles. The Kier molecular flexibility index (Phi) is 1.54. The van der Waals surface area contributed by atoms with Gasteiger partial charge in [0.2, 0.25) is 0 Å². The van der Waals surface area contributed by atoms with Crippen molar-refractivity contribution in [1.82, 2.24) is 0 Å². The predicted octanol–water partition coefficient (Wildman–Crippen LogP) is 0.352. The zero-order valence-electron chi connectivity index (χ0n) is 6.95. The summed E-state index contributed by atoms with van der Waals surface area (Å²) in [5, 5.41) is 0. The van der Waals surface area contributed by atoms with Crippen molar-refractivity contribution >= 4 is 6.09 Å². The van der Waals surface area contributed by atoms with Crippen LogP contribution < -0.4 is 11.5 Å². The van der Waals surface area contributed by atoms with Gasteiger partial charge in [0.15, 0.2) is 0 Å². The number of primary amides is 1. The molecule has 2 aliphatic carbocycles. The maximum Gasteiger partial charge on any atom is 0.404 e. The van der Waals surface area contributed by atoms with E-state index >= 15 is 0 Å². The number of ether oxygens (including phenoxy) is 1. The van der Waals surface area contributed by atoms with Gasteiger partial charge in [0.1, 0.15) is 6.10 Å². The number of carbonyl (C=O) groups excluding carboxylic acids is 1. The first-order chi connectivity index (χ1) is 5.60. The Labute approximate surface area is 71.2 Å². The molecule has 4 N–H and O–H groups in total. The number of carbonyl (C=O) groups is 1. The van der Waals surface area contributed by atoms with Crippen molar-refractivity contribution < 1.29 is 9.53 Å². The summed E-state index contributed by atoms with van der Waals surface area (Å²) >= 11 is 0. The van der Waals surface area contributed by atoms with Crippen LogP contribution in [0.25, 0.3) is 0 Å². The van der Waals surface area contributed by atoms with Crippen LogP contribution in [0.4, 0.5) is 4.79 Å². The molecule has 0 aromatic heterocycles. The van der Waals surface area contributed by atoms with Crippen molar-refractivity contribution in [3.63, 3.8) is 0 Å². The first kappa shape index (κ1) is 7.86. The number of amides is 1. The summed E-state index contributed by atoms with van der Waals surface area (Å²) in [6.45, 7) is 0. The first-order valence-electron chi connectivity index (χ1n) is 4.31. The molecule has 1 amide bonds. The molecule has 2 fully saturated rings. The van der Waals surface area contributed by atoms with Crippen LogP contribution in [-0.4, -0.2) is 18.2 Å². The molecule has 0 aliphatic heterocycles. The summed E-state index contributed by atoms with van der Waals surface area (Å²) < 4.78 is 4.85. The zero-order valence-corrected chi connectivity index (χ0v) is 6.95. The molecule has 4 heteroatoms. The van der Waals surface area contributed by atoms with Crippen molar-refractivity contribution in [2.45, 2.75) is 37.8 Å². The van der Waals surface area contributed by atoms with Crippen molar-refractivity contribution in [1.29, 1.82) is 0 Å². The fraction of sp³-hybridized carbons (Fsp3) is 0.875. The van der Waals surface area contributed by atoms with Gasteiger partial charge in [0.05, 0.1) is 0 Å². The fourth-order valence-electron chi connectivity index (χ4n) is 2.54. The standard InChI is InChI=1S/C8H14N2O2/c9-5-1-8(2-5)3-6(4-8)12-7(10)11/h5-6H,1-4,9H2,(H2,10,11). The van der Waals surface area contributed by atoms with Gasteiger partial charge in [0.25, 0.3) is 0 Å². The highest BCUT2D eigenvalue weighted by molar-refractivity contribution is 5.64. The summed E-state index contributed by atoms with van der Waals surface area (Å²) in [7, 11) is 0. The van der Waals surface area contributed by atoms with Gasteiger partial charge >= 0.3 is 6.09 Å². The lowest BCUT2D eigenvalue weighted by atomic mass is 9.53. The third kappa shape index (κ3) is 1.16. The van der Waals surface area contributed by atoms with Crippen molar-refractivity contribution in [3.8, 4) is 0 Å². The Morgan fingerprint density at radius 1 is 1.33 bits per heavy atom. The van der Waals surface area contributed by atoms with E-state index in [1.807, 2.05) is 0 Å². The maximum absolute atomic E-state index is 10.4. The van der Waals surface area contributed by atoms with E-state index in [0.717, 1.165) is 25.7 Å². The highest BCUT2D eigenvalue weighted by Gasteiger charge is 2.53. The molecule has 0 aromatic carbocycles. The van der Waals surface area contributed by atoms with E-state index in [1.54, 1.807) is 0 Å². The summed E-state index contributed by atoms with van der Waals surface area (Å²) in [4.78, 5) is 10.4. The minimum absolute atomic E-state index is 0.0648. The molecule has 0 bridgehead atoms. The summed E-state index contributed by atoms with van der Waals surface area (Å²) in [5.41, 5.74) is 11.0. The lowest BCUT2D eigenvalue weighted by molar-refractivity contribution is -0.0925. The minimum atomic E-state index is -0.654. The summed E-state index contributed by atoms with van der Waals surface area (Å²) in [6, 6.07) is 0.375. The largest absolute Gasteiger partial charge is 0.446 e. The van der Waals surface area contributed by atoms with E-state index in [2.05, 4.69) is 0 Å². The smallest absolute Gasteiger partial charge is 0.404 e. The van der Waals surface area contributed by atoms with E-state index in [4.69, 9.17) is 16.2 Å². The molecule has 0 unspecified atom stereocenters. The lowest BCUT2D eigenvalue weighted by Gasteiger charge is -2.55. The number of hydrogen-bond donors (Lipinski definition) is 2. The molecule has 0 atom stereocenters. The van der Waals surface area contributed by atoms with E-state index in [9.17, 15) is 4.79 Å². The molecule has 12 heavy (non-hydrogen) atoms. The fourth-order valence-corrected chi connectivity index (χ4v) is 2.54. The topological polar surface area (TPSA) is 78.3 Å². The Morgan fingerprint density at radius 2 is 1.92 bits per heavy atom. The maximum atomic E-state index is 10.4. The lowest BCUT2D eigenvalue weighted by Crippen LogP contribution is -2.56. The van der Waals surface area contributed by atoms with E-state index in [0.29, 0.717) is 11.5 Å². The Hall–Kier alpha value is -0.770. The van der Waals surface area contributed by atoms with Gasteiger partial charge in [0, 0.05) is 6.04 Å². The van der Waals surface area contributed by atoms with Crippen LogP contribution in [-0.2, 0) is 4.74 Å². The molecular weight excluding hydrogens is 156 g/mol. The second-order valence-electron chi connectivity index (χ2n) is 4.14. The third-order valence-electron chi connectivity index (χ3n) is 2.99. The first-order valence-corrected chi connectivity index (χ1v) is 4.31. The SMILES string of the molecule is NC(=O)OC1CC2(CC(N)C2)C1. The van der Waals surface area contributed by atoms with Gasteiger partial charge in [-0.1, -0.05) is 0 Å². The average molecular weight is 170 g/mol. The van der Waals surface area contributed by atoms with E-state index in [1.165, 1.54) is 0 Å². The molecule has 2 saturated carbocycles. The van der Waals surface area contributed by atoms with Gasteiger partial charge in [-0.2, -0.15) is 0 Å². The van der Waals surface area contributed by atoms with Crippen LogP contribution >= 0.6 is 0 Å². The predicted molar refractivity (Wildman–Crippen MR) is 43.3 cm³/mol. The number of hydrogen-bond acceptors (Lipinski definition) is 3. The van der Waals surface area contributed by atoms with Crippen LogP contribution in [0.3, 0.4) is 0 Å². The molecule has 68 valence electrons. The molecule has 0 heterocycles. The molecular formula is C8H14N2O2. The number of rotatable bonds is 1. The van der Waals surface area contributed by atoms with Crippen LogP contribution in [0.15, 0.2) is 0 Å². The van der Waals surface area contributed by atoms with Gasteiger partial charge in [-0.3, -0.25) is 0 Å². The normalized spacial score (nSPS) is 44.8. The van der Waals surface area contributed by atoms with Crippen LogP contribution in [0.1, 0.15) is 25.7 Å².